The fourth-order valence-electron chi connectivity index (χ4n) is 2.52. The van der Waals surface area contributed by atoms with Gasteiger partial charge in [0.1, 0.15) is 0 Å². The molecule has 0 aliphatic rings. The summed E-state index contributed by atoms with van der Waals surface area (Å²) in [5.74, 6) is -0.422. The fourth-order valence-corrected chi connectivity index (χ4v) is 2.52. The molecule has 0 heterocycles. The van der Waals surface area contributed by atoms with Gasteiger partial charge in [-0.05, 0) is 30.0 Å². The molecule has 1 rings (SSSR count). The maximum absolute atomic E-state index is 12.2. The molecule has 0 aliphatic carbocycles. The number of aliphatic carboxylic acids is 1. The van der Waals surface area contributed by atoms with Crippen molar-refractivity contribution in [1.82, 2.24) is 0 Å². The summed E-state index contributed by atoms with van der Waals surface area (Å²) in [6.07, 6.45) is 2.55. The van der Waals surface area contributed by atoms with Gasteiger partial charge in [0.2, 0.25) is 5.91 Å². The highest BCUT2D eigenvalue weighted by Gasteiger charge is 2.21. The molecular weight excluding hydrogens is 266 g/mol. The second-order valence-electron chi connectivity index (χ2n) is 5.45. The van der Waals surface area contributed by atoms with Crippen LogP contribution in [0, 0.1) is 11.8 Å². The Morgan fingerprint density at radius 1 is 1.24 bits per heavy atom. The number of carbonyl (C=O) groups is 2. The van der Waals surface area contributed by atoms with Gasteiger partial charge in [-0.3, -0.25) is 9.59 Å². The predicted octanol–water partition coefficient (Wildman–Crippen LogP) is 3.71. The Morgan fingerprint density at radius 3 is 2.48 bits per heavy atom. The highest BCUT2D eigenvalue weighted by atomic mass is 16.4. The smallest absolute Gasteiger partial charge is 0.303 e. The number of amides is 1. The van der Waals surface area contributed by atoms with Crippen molar-refractivity contribution in [3.05, 3.63) is 29.8 Å². The maximum Gasteiger partial charge on any atom is 0.303 e. The SMILES string of the molecule is CCC(CC)C(C)C(=O)Nc1cccc(CCC(=O)O)c1. The van der Waals surface area contributed by atoms with Crippen molar-refractivity contribution in [1.29, 1.82) is 0 Å². The maximum atomic E-state index is 12.2. The molecule has 0 saturated heterocycles. The standard InChI is InChI=1S/C17H25NO3/c1-4-14(5-2)12(3)17(21)18-15-8-6-7-13(11-15)9-10-16(19)20/h6-8,11-12,14H,4-5,9-10H2,1-3H3,(H,18,21)(H,19,20). The van der Waals surface area contributed by atoms with E-state index in [1.807, 2.05) is 31.2 Å². The van der Waals surface area contributed by atoms with Crippen LogP contribution in [0.2, 0.25) is 0 Å². The van der Waals surface area contributed by atoms with E-state index in [1.165, 1.54) is 0 Å². The van der Waals surface area contributed by atoms with Crippen LogP contribution in [0.5, 0.6) is 0 Å². The number of hydrogen-bond acceptors (Lipinski definition) is 2. The Hall–Kier alpha value is -1.84. The second-order valence-corrected chi connectivity index (χ2v) is 5.45. The van der Waals surface area contributed by atoms with E-state index >= 15 is 0 Å². The van der Waals surface area contributed by atoms with Crippen molar-refractivity contribution in [2.24, 2.45) is 11.8 Å². The number of carboxylic acids is 1. The highest BCUT2D eigenvalue weighted by Crippen LogP contribution is 2.21. The lowest BCUT2D eigenvalue weighted by Crippen LogP contribution is -2.26. The van der Waals surface area contributed by atoms with Crippen molar-refractivity contribution in [3.8, 4) is 0 Å². The van der Waals surface area contributed by atoms with Gasteiger partial charge in [0, 0.05) is 18.0 Å². The zero-order valence-corrected chi connectivity index (χ0v) is 13.1. The Balaban J connectivity index is 2.67. The Morgan fingerprint density at radius 2 is 1.90 bits per heavy atom. The van der Waals surface area contributed by atoms with E-state index in [-0.39, 0.29) is 18.2 Å². The van der Waals surface area contributed by atoms with Crippen LogP contribution in [-0.2, 0) is 16.0 Å². The molecule has 1 unspecified atom stereocenters. The van der Waals surface area contributed by atoms with Crippen LogP contribution in [0.1, 0.15) is 45.6 Å². The van der Waals surface area contributed by atoms with E-state index < -0.39 is 5.97 Å². The first-order valence-corrected chi connectivity index (χ1v) is 7.59. The summed E-state index contributed by atoms with van der Waals surface area (Å²) in [7, 11) is 0. The third kappa shape index (κ3) is 5.58. The third-order valence-electron chi connectivity index (χ3n) is 3.99. The Labute approximate surface area is 126 Å². The molecule has 0 saturated carbocycles. The molecule has 0 bridgehead atoms. The van der Waals surface area contributed by atoms with Crippen LogP contribution in [0.4, 0.5) is 5.69 Å². The number of nitrogens with one attached hydrogen (secondary N) is 1. The number of aryl methyl sites for hydroxylation is 1. The first-order chi connectivity index (χ1) is 9.97. The van der Waals surface area contributed by atoms with Crippen LogP contribution in [0.15, 0.2) is 24.3 Å². The normalized spacial score (nSPS) is 12.2. The summed E-state index contributed by atoms with van der Waals surface area (Å²) in [6.45, 7) is 6.16. The lowest BCUT2D eigenvalue weighted by Gasteiger charge is -2.20. The molecular formula is C17H25NO3. The predicted molar refractivity (Wildman–Crippen MR) is 84.3 cm³/mol. The van der Waals surface area contributed by atoms with Crippen LogP contribution >= 0.6 is 0 Å². The summed E-state index contributed by atoms with van der Waals surface area (Å²) in [6, 6.07) is 7.40. The molecule has 1 aromatic rings. The molecule has 116 valence electrons. The van der Waals surface area contributed by atoms with Crippen molar-refractivity contribution in [2.75, 3.05) is 5.32 Å². The molecule has 4 heteroatoms. The van der Waals surface area contributed by atoms with Crippen LogP contribution in [0.25, 0.3) is 0 Å². The molecule has 1 atom stereocenters. The largest absolute Gasteiger partial charge is 0.481 e. The topological polar surface area (TPSA) is 66.4 Å². The average Bonchev–Trinajstić information content (AvgIpc) is 2.46. The van der Waals surface area contributed by atoms with Gasteiger partial charge in [-0.25, -0.2) is 0 Å². The van der Waals surface area contributed by atoms with E-state index in [0.29, 0.717) is 12.3 Å². The first-order valence-electron chi connectivity index (χ1n) is 7.59. The van der Waals surface area contributed by atoms with Gasteiger partial charge < -0.3 is 10.4 Å². The summed E-state index contributed by atoms with van der Waals surface area (Å²) in [5.41, 5.74) is 1.66. The van der Waals surface area contributed by atoms with Gasteiger partial charge in [-0.2, -0.15) is 0 Å². The molecule has 21 heavy (non-hydrogen) atoms. The van der Waals surface area contributed by atoms with Gasteiger partial charge in [-0.15, -0.1) is 0 Å². The second kappa shape index (κ2) is 8.45. The molecule has 0 aliphatic heterocycles. The van der Waals surface area contributed by atoms with Gasteiger partial charge in [0.25, 0.3) is 0 Å². The summed E-state index contributed by atoms with van der Waals surface area (Å²) < 4.78 is 0. The number of rotatable bonds is 8. The van der Waals surface area contributed by atoms with Gasteiger partial charge >= 0.3 is 5.97 Å². The minimum Gasteiger partial charge on any atom is -0.481 e. The first kappa shape index (κ1) is 17.2. The number of carbonyl (C=O) groups excluding carboxylic acids is 1. The van der Waals surface area contributed by atoms with Gasteiger partial charge in [-0.1, -0.05) is 45.7 Å². The quantitative estimate of drug-likeness (QED) is 0.767. The van der Waals surface area contributed by atoms with E-state index in [9.17, 15) is 9.59 Å². The van der Waals surface area contributed by atoms with Crippen molar-refractivity contribution in [2.45, 2.75) is 46.5 Å². The number of hydrogen-bond donors (Lipinski definition) is 2. The van der Waals surface area contributed by atoms with Gasteiger partial charge in [0.05, 0.1) is 0 Å². The van der Waals surface area contributed by atoms with Crippen molar-refractivity contribution in [3.63, 3.8) is 0 Å². The van der Waals surface area contributed by atoms with Crippen molar-refractivity contribution < 1.29 is 14.7 Å². The molecule has 0 spiro atoms. The highest BCUT2D eigenvalue weighted by molar-refractivity contribution is 5.92. The van der Waals surface area contributed by atoms with Crippen LogP contribution < -0.4 is 5.32 Å². The van der Waals surface area contributed by atoms with Crippen LogP contribution in [0.3, 0.4) is 0 Å². The van der Waals surface area contributed by atoms with Crippen molar-refractivity contribution >= 4 is 17.6 Å². The van der Waals surface area contributed by atoms with E-state index in [0.717, 1.165) is 24.1 Å². The molecule has 0 aromatic heterocycles. The zero-order chi connectivity index (χ0) is 15.8. The molecule has 0 fully saturated rings. The Bertz CT molecular complexity index is 481. The van der Waals surface area contributed by atoms with Gasteiger partial charge in [0.15, 0.2) is 0 Å². The van der Waals surface area contributed by atoms with E-state index in [4.69, 9.17) is 5.11 Å². The number of benzene rings is 1. The fraction of sp³-hybridized carbons (Fsp3) is 0.529. The summed E-state index contributed by atoms with van der Waals surface area (Å²) in [4.78, 5) is 22.8. The summed E-state index contributed by atoms with van der Waals surface area (Å²) in [5, 5.41) is 11.6. The number of carboxylic acid groups (broad SMARTS) is 1. The Kier molecular flexibility index (Phi) is 6.92. The van der Waals surface area contributed by atoms with Crippen LogP contribution in [-0.4, -0.2) is 17.0 Å². The lowest BCUT2D eigenvalue weighted by atomic mass is 9.88. The monoisotopic (exact) mass is 291 g/mol. The third-order valence-corrected chi connectivity index (χ3v) is 3.99. The molecule has 1 aromatic carbocycles. The minimum atomic E-state index is -0.813. The minimum absolute atomic E-state index is 0.0253. The molecule has 2 N–H and O–H groups in total. The average molecular weight is 291 g/mol. The number of anilines is 1. The lowest BCUT2D eigenvalue weighted by molar-refractivity contribution is -0.137. The zero-order valence-electron chi connectivity index (χ0n) is 13.1. The molecule has 1 amide bonds. The van der Waals surface area contributed by atoms with E-state index in [2.05, 4.69) is 19.2 Å². The van der Waals surface area contributed by atoms with E-state index in [1.54, 1.807) is 0 Å². The molecule has 4 nitrogen and oxygen atoms in total. The molecule has 0 radical (unpaired) electrons. The summed E-state index contributed by atoms with van der Waals surface area (Å²) >= 11 is 0.